The number of amides is 1. The molecule has 0 saturated heterocycles. The zero-order valence-electron chi connectivity index (χ0n) is 21.3. The number of aromatic nitrogens is 1. The minimum absolute atomic E-state index is 0.0645. The minimum atomic E-state index is -0.518. The second-order valence-electron chi connectivity index (χ2n) is 9.31. The highest BCUT2D eigenvalue weighted by atomic mass is 79.9. The monoisotopic (exact) mass is 574 g/mol. The van der Waals surface area contributed by atoms with E-state index in [-0.39, 0.29) is 18.3 Å². The van der Waals surface area contributed by atoms with Gasteiger partial charge in [0.1, 0.15) is 24.3 Å². The fourth-order valence-electron chi connectivity index (χ4n) is 5.06. The third kappa shape index (κ3) is 5.36. The molecule has 0 saturated carbocycles. The number of para-hydroxylation sites is 1. The van der Waals surface area contributed by atoms with Crippen LogP contribution in [0.15, 0.2) is 93.9 Å². The molecular weight excluding hydrogens is 546 g/mol. The summed E-state index contributed by atoms with van der Waals surface area (Å²) in [7, 11) is 1.62. The van der Waals surface area contributed by atoms with Crippen LogP contribution in [0.2, 0.25) is 0 Å². The lowest BCUT2D eigenvalue weighted by Crippen LogP contribution is -2.36. The third-order valence-electron chi connectivity index (χ3n) is 6.82. The summed E-state index contributed by atoms with van der Waals surface area (Å²) >= 11 is 3.40. The summed E-state index contributed by atoms with van der Waals surface area (Å²) in [5.74, 6) is 1.25. The van der Waals surface area contributed by atoms with E-state index in [9.17, 15) is 9.59 Å². The molecule has 0 fully saturated rings. The fourth-order valence-corrected chi connectivity index (χ4v) is 5.31. The lowest BCUT2D eigenvalue weighted by Gasteiger charge is -2.34. The smallest absolute Gasteiger partial charge is 0.337 e. The number of rotatable bonds is 7. The van der Waals surface area contributed by atoms with Gasteiger partial charge in [-0.3, -0.25) is 4.79 Å². The van der Waals surface area contributed by atoms with Gasteiger partial charge in [0.2, 0.25) is 0 Å². The number of carbonyl (C=O) groups excluding carboxylic acids is 2. The molecule has 0 bridgehead atoms. The van der Waals surface area contributed by atoms with Crippen molar-refractivity contribution >= 4 is 33.4 Å². The van der Waals surface area contributed by atoms with Gasteiger partial charge < -0.3 is 14.8 Å². The summed E-state index contributed by atoms with van der Waals surface area (Å²) in [6, 6.07) is 19.0. The van der Waals surface area contributed by atoms with Crippen molar-refractivity contribution in [3.63, 3.8) is 0 Å². The van der Waals surface area contributed by atoms with Crippen molar-refractivity contribution in [1.82, 2.24) is 5.32 Å². The molecule has 194 valence electrons. The Hall–Kier alpha value is -3.91. The highest BCUT2D eigenvalue weighted by Crippen LogP contribution is 2.43. The average molecular weight is 575 g/mol. The van der Waals surface area contributed by atoms with Crippen molar-refractivity contribution in [1.29, 1.82) is 0 Å². The number of methoxy groups -OCH3 is 1. The number of halogens is 1. The molecular formula is C30H29BrN3O4+. The Balaban J connectivity index is 1.54. The molecule has 1 atom stereocenters. The molecule has 3 aromatic rings. The van der Waals surface area contributed by atoms with Crippen LogP contribution in [0, 0.1) is 0 Å². The number of benzene rings is 2. The molecule has 1 unspecified atom stereocenters. The van der Waals surface area contributed by atoms with Crippen LogP contribution < -0.4 is 25.1 Å². The normalized spacial score (nSPS) is 17.0. The lowest BCUT2D eigenvalue weighted by molar-refractivity contribution is -0.361. The van der Waals surface area contributed by atoms with Crippen LogP contribution >= 0.6 is 15.9 Å². The SMILES string of the molecule is COc1ccc(C2C(C(=O)Nc3ccc(Br)c[nH+]3)=C(C)NC3=C2C(=O)CCC3)cc1COc1ccccc1. The Morgan fingerprint density at radius 3 is 2.68 bits per heavy atom. The topological polar surface area (TPSA) is 90.8 Å². The second-order valence-corrected chi connectivity index (χ2v) is 10.2. The number of H-pyrrole nitrogens is 1. The van der Waals surface area contributed by atoms with Crippen LogP contribution in [-0.2, 0) is 16.2 Å². The number of carbonyl (C=O) groups is 2. The summed E-state index contributed by atoms with van der Waals surface area (Å²) in [6.45, 7) is 2.17. The highest BCUT2D eigenvalue weighted by Gasteiger charge is 2.40. The molecule has 8 heteroatoms. The largest absolute Gasteiger partial charge is 0.496 e. The van der Waals surface area contributed by atoms with Crippen molar-refractivity contribution in [3.05, 3.63) is 105 Å². The van der Waals surface area contributed by atoms with E-state index in [1.807, 2.05) is 61.5 Å². The highest BCUT2D eigenvalue weighted by molar-refractivity contribution is 9.10. The predicted molar refractivity (Wildman–Crippen MR) is 148 cm³/mol. The Labute approximate surface area is 230 Å². The number of Topliss-reactive ketones (excluding diaryl/α,β-unsaturated/α-hetero) is 1. The number of aromatic amines is 1. The van der Waals surface area contributed by atoms with Gasteiger partial charge in [-0.15, -0.1) is 0 Å². The van der Waals surface area contributed by atoms with Crippen LogP contribution in [0.1, 0.15) is 43.2 Å². The Morgan fingerprint density at radius 2 is 1.95 bits per heavy atom. The van der Waals surface area contributed by atoms with Crippen LogP contribution in [0.4, 0.5) is 5.82 Å². The van der Waals surface area contributed by atoms with E-state index < -0.39 is 5.92 Å². The molecule has 1 aliphatic carbocycles. The summed E-state index contributed by atoms with van der Waals surface area (Å²) in [5.41, 5.74) is 4.47. The summed E-state index contributed by atoms with van der Waals surface area (Å²) in [6.07, 6.45) is 3.77. The zero-order valence-corrected chi connectivity index (χ0v) is 22.9. The Bertz CT molecular complexity index is 1430. The Kier molecular flexibility index (Phi) is 7.60. The molecule has 1 aliphatic heterocycles. The number of allylic oxidation sites excluding steroid dienone is 3. The van der Waals surface area contributed by atoms with Gasteiger partial charge in [0.15, 0.2) is 5.78 Å². The summed E-state index contributed by atoms with van der Waals surface area (Å²) in [4.78, 5) is 30.1. The second kappa shape index (κ2) is 11.2. The first-order chi connectivity index (χ1) is 18.4. The Morgan fingerprint density at radius 1 is 1.13 bits per heavy atom. The van der Waals surface area contributed by atoms with Crippen molar-refractivity contribution in [2.24, 2.45) is 0 Å². The van der Waals surface area contributed by atoms with Gasteiger partial charge in [0, 0.05) is 40.9 Å². The molecule has 2 aromatic carbocycles. The van der Waals surface area contributed by atoms with Gasteiger partial charge in [-0.05, 0) is 71.6 Å². The van der Waals surface area contributed by atoms with E-state index in [2.05, 4.69) is 31.5 Å². The average Bonchev–Trinajstić information content (AvgIpc) is 2.93. The molecule has 1 amide bonds. The van der Waals surface area contributed by atoms with Gasteiger partial charge in [-0.1, -0.05) is 24.3 Å². The van der Waals surface area contributed by atoms with Gasteiger partial charge in [0.25, 0.3) is 5.82 Å². The number of ether oxygens (including phenoxy) is 2. The van der Waals surface area contributed by atoms with Crippen LogP contribution in [0.3, 0.4) is 0 Å². The number of anilines is 1. The number of hydrogen-bond donors (Lipinski definition) is 2. The molecule has 38 heavy (non-hydrogen) atoms. The standard InChI is InChI=1S/C30H28BrN3O4/c1-18-27(30(36)34-26-14-12-21(31)16-32-26)28(29-23(33-18)9-6-10-24(29)35)19-11-13-25(37-2)20(15-19)17-38-22-7-4-3-5-8-22/h3-5,7-8,11-16,28,33H,6,9-10,17H2,1-2H3,(H,32,34,36)/p+1. The first kappa shape index (κ1) is 25.7. The van der Waals surface area contributed by atoms with Crippen LogP contribution in [0.25, 0.3) is 0 Å². The van der Waals surface area contributed by atoms with Crippen LogP contribution in [0.5, 0.6) is 11.5 Å². The maximum atomic E-state index is 13.7. The molecule has 3 N–H and O–H groups in total. The quantitative estimate of drug-likeness (QED) is 0.391. The number of dihydropyridines is 1. The summed E-state index contributed by atoms with van der Waals surface area (Å²) in [5, 5.41) is 6.34. The summed E-state index contributed by atoms with van der Waals surface area (Å²) < 4.78 is 12.5. The lowest BCUT2D eigenvalue weighted by atomic mass is 9.74. The molecule has 0 radical (unpaired) electrons. The van der Waals surface area contributed by atoms with E-state index in [4.69, 9.17) is 9.47 Å². The van der Waals surface area contributed by atoms with Gasteiger partial charge >= 0.3 is 5.91 Å². The number of nitrogens with one attached hydrogen (secondary N) is 3. The van der Waals surface area contributed by atoms with Gasteiger partial charge in [0.05, 0.1) is 17.2 Å². The maximum Gasteiger partial charge on any atom is 0.337 e. The molecule has 1 aromatic heterocycles. The minimum Gasteiger partial charge on any atom is -0.496 e. The predicted octanol–water partition coefficient (Wildman–Crippen LogP) is 5.46. The molecule has 7 nitrogen and oxygen atoms in total. The van der Waals surface area contributed by atoms with E-state index >= 15 is 0 Å². The first-order valence-electron chi connectivity index (χ1n) is 12.5. The van der Waals surface area contributed by atoms with Crippen molar-refractivity contribution < 1.29 is 24.0 Å². The van der Waals surface area contributed by atoms with Crippen molar-refractivity contribution in [2.75, 3.05) is 12.4 Å². The van der Waals surface area contributed by atoms with Crippen molar-refractivity contribution in [3.8, 4) is 11.5 Å². The molecule has 2 heterocycles. The number of pyridine rings is 1. The number of hydrogen-bond acceptors (Lipinski definition) is 5. The van der Waals surface area contributed by atoms with E-state index in [0.29, 0.717) is 29.1 Å². The van der Waals surface area contributed by atoms with Crippen molar-refractivity contribution in [2.45, 2.75) is 38.7 Å². The zero-order chi connectivity index (χ0) is 26.6. The van der Waals surface area contributed by atoms with E-state index in [0.717, 1.165) is 45.6 Å². The fraction of sp³-hybridized carbons (Fsp3) is 0.233. The van der Waals surface area contributed by atoms with Gasteiger partial charge in [-0.2, -0.15) is 0 Å². The van der Waals surface area contributed by atoms with E-state index in [1.54, 1.807) is 19.4 Å². The van der Waals surface area contributed by atoms with E-state index in [1.165, 1.54) is 0 Å². The molecule has 2 aliphatic rings. The number of ketones is 1. The first-order valence-corrected chi connectivity index (χ1v) is 13.3. The van der Waals surface area contributed by atoms with Crippen LogP contribution in [-0.4, -0.2) is 18.8 Å². The van der Waals surface area contributed by atoms with Gasteiger partial charge in [-0.25, -0.2) is 15.1 Å². The maximum absolute atomic E-state index is 13.7. The third-order valence-corrected chi connectivity index (χ3v) is 7.31. The molecule has 0 spiro atoms. The molecule has 5 rings (SSSR count).